The highest BCUT2D eigenvalue weighted by Crippen LogP contribution is 2.28. The summed E-state index contributed by atoms with van der Waals surface area (Å²) in [7, 11) is 0. The van der Waals surface area contributed by atoms with Gasteiger partial charge in [0.15, 0.2) is 0 Å². The second-order valence-electron chi connectivity index (χ2n) is 6.84. The highest BCUT2D eigenvalue weighted by molar-refractivity contribution is 7.99. The monoisotopic (exact) mass is 346 g/mol. The van der Waals surface area contributed by atoms with Gasteiger partial charge in [-0.1, -0.05) is 18.2 Å². The van der Waals surface area contributed by atoms with Crippen LogP contribution in [-0.2, 0) is 9.59 Å². The number of rotatable bonds is 4. The Kier molecular flexibility index (Phi) is 5.82. The molecular weight excluding hydrogens is 320 g/mol. The van der Waals surface area contributed by atoms with Crippen molar-refractivity contribution in [2.45, 2.75) is 31.1 Å². The zero-order valence-electron chi connectivity index (χ0n) is 14.3. The Morgan fingerprint density at radius 3 is 2.38 bits per heavy atom. The van der Waals surface area contributed by atoms with Crippen LogP contribution >= 0.6 is 11.8 Å². The van der Waals surface area contributed by atoms with Gasteiger partial charge in [-0.15, -0.1) is 11.8 Å². The predicted molar refractivity (Wildman–Crippen MR) is 96.8 cm³/mol. The van der Waals surface area contributed by atoms with Crippen LogP contribution in [0.25, 0.3) is 0 Å². The van der Waals surface area contributed by atoms with Crippen molar-refractivity contribution in [2.24, 2.45) is 11.8 Å². The number of carbonyl (C=O) groups is 2. The zero-order valence-corrected chi connectivity index (χ0v) is 15.1. The third-order valence-corrected chi connectivity index (χ3v) is 6.36. The molecule has 0 spiro atoms. The van der Waals surface area contributed by atoms with E-state index in [0.29, 0.717) is 11.8 Å². The number of piperidine rings is 1. The number of likely N-dealkylation sites (tertiary alicyclic amines) is 2. The van der Waals surface area contributed by atoms with E-state index in [4.69, 9.17) is 0 Å². The fraction of sp³-hybridized carbons (Fsp3) is 0.579. The molecule has 130 valence electrons. The van der Waals surface area contributed by atoms with Gasteiger partial charge in [-0.25, -0.2) is 0 Å². The van der Waals surface area contributed by atoms with Crippen molar-refractivity contribution in [3.05, 3.63) is 30.3 Å². The lowest BCUT2D eigenvalue weighted by molar-refractivity contribution is -0.139. The van der Waals surface area contributed by atoms with Gasteiger partial charge in [-0.3, -0.25) is 9.59 Å². The van der Waals surface area contributed by atoms with Crippen LogP contribution in [0.4, 0.5) is 0 Å². The first-order valence-corrected chi connectivity index (χ1v) is 9.84. The van der Waals surface area contributed by atoms with E-state index in [9.17, 15) is 9.59 Å². The summed E-state index contributed by atoms with van der Waals surface area (Å²) < 4.78 is 0. The van der Waals surface area contributed by atoms with Gasteiger partial charge in [-0.05, 0) is 37.3 Å². The van der Waals surface area contributed by atoms with Gasteiger partial charge in [-0.2, -0.15) is 0 Å². The van der Waals surface area contributed by atoms with Crippen LogP contribution in [0.3, 0.4) is 0 Å². The van der Waals surface area contributed by atoms with Crippen molar-refractivity contribution < 1.29 is 9.59 Å². The van der Waals surface area contributed by atoms with Gasteiger partial charge in [0.05, 0.1) is 0 Å². The van der Waals surface area contributed by atoms with Gasteiger partial charge in [0.1, 0.15) is 0 Å². The molecule has 0 aliphatic carbocycles. The zero-order chi connectivity index (χ0) is 16.9. The number of thioether (sulfide) groups is 1. The molecule has 0 N–H and O–H groups in total. The topological polar surface area (TPSA) is 40.6 Å². The van der Waals surface area contributed by atoms with E-state index in [1.165, 1.54) is 4.90 Å². The number of amides is 2. The summed E-state index contributed by atoms with van der Waals surface area (Å²) in [4.78, 5) is 29.3. The molecule has 0 saturated carbocycles. The first-order valence-electron chi connectivity index (χ1n) is 8.85. The Morgan fingerprint density at radius 1 is 1.04 bits per heavy atom. The number of benzene rings is 1. The quantitative estimate of drug-likeness (QED) is 0.787. The molecule has 2 saturated heterocycles. The van der Waals surface area contributed by atoms with Crippen molar-refractivity contribution in [2.75, 3.05) is 31.9 Å². The van der Waals surface area contributed by atoms with Gasteiger partial charge in [0.25, 0.3) is 0 Å². The number of hydrogen-bond acceptors (Lipinski definition) is 3. The summed E-state index contributed by atoms with van der Waals surface area (Å²) in [5, 5.41) is 0. The van der Waals surface area contributed by atoms with Crippen molar-refractivity contribution in [3.8, 4) is 0 Å². The lowest BCUT2D eigenvalue weighted by Gasteiger charge is -2.32. The summed E-state index contributed by atoms with van der Waals surface area (Å²) in [6.45, 7) is 4.86. The molecule has 1 aromatic rings. The van der Waals surface area contributed by atoms with Gasteiger partial charge < -0.3 is 9.80 Å². The van der Waals surface area contributed by atoms with Gasteiger partial charge >= 0.3 is 0 Å². The molecule has 1 atom stereocenters. The second kappa shape index (κ2) is 8.06. The summed E-state index contributed by atoms with van der Waals surface area (Å²) in [6, 6.07) is 10.5. The first-order chi connectivity index (χ1) is 11.6. The molecule has 2 aliphatic heterocycles. The number of carbonyl (C=O) groups excluding carboxylic acids is 2. The number of hydrogen-bond donors (Lipinski definition) is 0. The van der Waals surface area contributed by atoms with Crippen LogP contribution in [0.1, 0.15) is 26.2 Å². The smallest absolute Gasteiger partial charge is 0.225 e. The number of nitrogens with zero attached hydrogens (tertiary/aromatic N) is 2. The SMILES string of the molecule is CC(=O)N1CCC(C(=O)N2CC[C@H](CSc3ccccc3)C2)CC1. The van der Waals surface area contributed by atoms with Gasteiger partial charge in [0.2, 0.25) is 11.8 Å². The molecule has 4 nitrogen and oxygen atoms in total. The maximum atomic E-state index is 12.7. The minimum Gasteiger partial charge on any atom is -0.343 e. The van der Waals surface area contributed by atoms with E-state index in [2.05, 4.69) is 29.2 Å². The molecule has 2 heterocycles. The molecule has 1 aromatic carbocycles. The Morgan fingerprint density at radius 2 is 1.71 bits per heavy atom. The van der Waals surface area contributed by atoms with Crippen LogP contribution in [0.5, 0.6) is 0 Å². The molecule has 0 aromatic heterocycles. The van der Waals surface area contributed by atoms with E-state index in [1.807, 2.05) is 22.7 Å². The van der Waals surface area contributed by atoms with E-state index in [1.54, 1.807) is 6.92 Å². The van der Waals surface area contributed by atoms with Crippen molar-refractivity contribution in [3.63, 3.8) is 0 Å². The summed E-state index contributed by atoms with van der Waals surface area (Å²) in [6.07, 6.45) is 2.74. The molecule has 2 amide bonds. The fourth-order valence-electron chi connectivity index (χ4n) is 3.60. The lowest BCUT2D eigenvalue weighted by Crippen LogP contribution is -2.43. The van der Waals surface area contributed by atoms with Gasteiger partial charge in [0, 0.05) is 49.7 Å². The van der Waals surface area contributed by atoms with E-state index in [-0.39, 0.29) is 11.8 Å². The Bertz CT molecular complexity index is 570. The van der Waals surface area contributed by atoms with E-state index in [0.717, 1.165) is 51.2 Å². The van der Waals surface area contributed by atoms with E-state index >= 15 is 0 Å². The average molecular weight is 346 g/mol. The Hall–Kier alpha value is -1.49. The Balaban J connectivity index is 1.43. The fourth-order valence-corrected chi connectivity index (χ4v) is 4.65. The molecule has 2 fully saturated rings. The predicted octanol–water partition coefficient (Wildman–Crippen LogP) is 2.89. The van der Waals surface area contributed by atoms with Crippen molar-refractivity contribution in [1.29, 1.82) is 0 Å². The molecular formula is C19H26N2O2S. The third kappa shape index (κ3) is 4.32. The lowest BCUT2D eigenvalue weighted by atomic mass is 9.95. The van der Waals surface area contributed by atoms with Crippen LogP contribution in [0.2, 0.25) is 0 Å². The van der Waals surface area contributed by atoms with E-state index < -0.39 is 0 Å². The van der Waals surface area contributed by atoms with Crippen LogP contribution < -0.4 is 0 Å². The van der Waals surface area contributed by atoms with Crippen LogP contribution in [-0.4, -0.2) is 53.5 Å². The molecule has 24 heavy (non-hydrogen) atoms. The van der Waals surface area contributed by atoms with Crippen molar-refractivity contribution in [1.82, 2.24) is 9.80 Å². The Labute approximate surface area is 148 Å². The molecule has 0 bridgehead atoms. The molecule has 5 heteroatoms. The highest BCUT2D eigenvalue weighted by atomic mass is 32.2. The maximum Gasteiger partial charge on any atom is 0.225 e. The molecule has 3 rings (SSSR count). The third-order valence-electron chi connectivity index (χ3n) is 5.12. The molecule has 0 radical (unpaired) electrons. The molecule has 2 aliphatic rings. The minimum absolute atomic E-state index is 0.112. The molecule has 0 unspecified atom stereocenters. The second-order valence-corrected chi connectivity index (χ2v) is 7.94. The minimum atomic E-state index is 0.112. The standard InChI is InChI=1S/C19H26N2O2S/c1-15(22)20-11-8-17(9-12-20)19(23)21-10-7-16(13-21)14-24-18-5-3-2-4-6-18/h2-6,16-17H,7-14H2,1H3/t16-/m0/s1. The summed E-state index contributed by atoms with van der Waals surface area (Å²) in [5.74, 6) is 2.22. The summed E-state index contributed by atoms with van der Waals surface area (Å²) >= 11 is 1.89. The van der Waals surface area contributed by atoms with Crippen LogP contribution in [0, 0.1) is 11.8 Å². The van der Waals surface area contributed by atoms with Crippen LogP contribution in [0.15, 0.2) is 35.2 Å². The normalized spacial score (nSPS) is 22.0. The largest absolute Gasteiger partial charge is 0.343 e. The van der Waals surface area contributed by atoms with Crippen molar-refractivity contribution >= 4 is 23.6 Å². The average Bonchev–Trinajstić information content (AvgIpc) is 3.09. The first kappa shape index (κ1) is 17.3. The maximum absolute atomic E-state index is 12.7. The highest BCUT2D eigenvalue weighted by Gasteiger charge is 2.33. The summed E-state index contributed by atoms with van der Waals surface area (Å²) in [5.41, 5.74) is 0.